The van der Waals surface area contributed by atoms with E-state index in [1.54, 1.807) is 6.07 Å². The summed E-state index contributed by atoms with van der Waals surface area (Å²) in [5, 5.41) is 10.5. The number of carboxylic acids is 1. The van der Waals surface area contributed by atoms with Crippen LogP contribution in [0.15, 0.2) is 30.3 Å². The molecule has 1 aliphatic heterocycles. The molecule has 1 aliphatic carbocycles. The van der Waals surface area contributed by atoms with Crippen molar-refractivity contribution in [3.8, 4) is 5.75 Å². The number of rotatable bonds is 7. The lowest BCUT2D eigenvalue weighted by Gasteiger charge is -2.42. The van der Waals surface area contributed by atoms with Crippen molar-refractivity contribution in [2.24, 2.45) is 5.92 Å². The van der Waals surface area contributed by atoms with Crippen LogP contribution >= 0.6 is 23.2 Å². The van der Waals surface area contributed by atoms with Crippen LogP contribution < -0.4 is 4.74 Å². The second-order valence-corrected chi connectivity index (χ2v) is 10.0. The van der Waals surface area contributed by atoms with Gasteiger partial charge in [0.05, 0.1) is 12.2 Å². The fourth-order valence-corrected chi connectivity index (χ4v) is 5.22. The van der Waals surface area contributed by atoms with Crippen molar-refractivity contribution in [1.82, 2.24) is 4.90 Å². The minimum Gasteiger partial charge on any atom is -0.493 e. The van der Waals surface area contributed by atoms with E-state index in [4.69, 9.17) is 27.9 Å². The van der Waals surface area contributed by atoms with Crippen molar-refractivity contribution in [1.29, 1.82) is 0 Å². The molecule has 1 N–H and O–H groups in total. The molecule has 4 nitrogen and oxygen atoms in total. The Kier molecular flexibility index (Phi) is 6.99. The van der Waals surface area contributed by atoms with Gasteiger partial charge in [0.2, 0.25) is 0 Å². The summed E-state index contributed by atoms with van der Waals surface area (Å²) in [6.07, 6.45) is 4.02. The maximum atomic E-state index is 14.3. The van der Waals surface area contributed by atoms with Gasteiger partial charge >= 0.3 is 5.97 Å². The molecule has 4 rings (SSSR count). The fourth-order valence-electron chi connectivity index (χ4n) is 4.68. The van der Waals surface area contributed by atoms with E-state index in [-0.39, 0.29) is 23.4 Å². The molecule has 2 aliphatic rings. The van der Waals surface area contributed by atoms with E-state index in [2.05, 4.69) is 18.7 Å². The molecule has 2 aromatic carbocycles. The Morgan fingerprint density at radius 1 is 1.16 bits per heavy atom. The predicted molar refractivity (Wildman–Crippen MR) is 125 cm³/mol. The van der Waals surface area contributed by atoms with Crippen molar-refractivity contribution in [3.63, 3.8) is 0 Å². The van der Waals surface area contributed by atoms with Gasteiger partial charge < -0.3 is 9.84 Å². The largest absolute Gasteiger partial charge is 0.493 e. The van der Waals surface area contributed by atoms with Crippen LogP contribution in [0.3, 0.4) is 0 Å². The average molecular weight is 480 g/mol. The molecular weight excluding hydrogens is 452 g/mol. The lowest BCUT2D eigenvalue weighted by Crippen LogP contribution is -2.44. The van der Waals surface area contributed by atoms with Gasteiger partial charge in [-0.2, -0.15) is 0 Å². The molecule has 1 heterocycles. The van der Waals surface area contributed by atoms with Crippen LogP contribution in [-0.4, -0.2) is 35.2 Å². The number of piperidine rings is 1. The molecule has 0 aromatic heterocycles. The van der Waals surface area contributed by atoms with Crippen LogP contribution in [0.4, 0.5) is 4.39 Å². The molecule has 0 bridgehead atoms. The first-order chi connectivity index (χ1) is 15.2. The third kappa shape index (κ3) is 5.22. The summed E-state index contributed by atoms with van der Waals surface area (Å²) in [4.78, 5) is 13.8. The summed E-state index contributed by atoms with van der Waals surface area (Å²) >= 11 is 12.4. The Labute approximate surface area is 198 Å². The normalized spacial score (nSPS) is 22.5. The van der Waals surface area contributed by atoms with Crippen LogP contribution in [0, 0.1) is 11.7 Å². The van der Waals surface area contributed by atoms with Crippen LogP contribution in [-0.2, 0) is 0 Å². The number of hydrogen-bond donors (Lipinski definition) is 1. The zero-order valence-corrected chi connectivity index (χ0v) is 19.8. The highest BCUT2D eigenvalue weighted by molar-refractivity contribution is 6.34. The smallest absolute Gasteiger partial charge is 0.338 e. The highest BCUT2D eigenvalue weighted by atomic mass is 35.5. The molecule has 1 unspecified atom stereocenters. The SMILES string of the molecule is CC(c1cc(Cl)cc(Cl)c1)N1C[C@H](COc2cc(F)c(C(=O)O)cc2C2CC2)CC[C@H]1C. The molecule has 1 saturated carbocycles. The second kappa shape index (κ2) is 9.58. The summed E-state index contributed by atoms with van der Waals surface area (Å²) in [7, 11) is 0. The van der Waals surface area contributed by atoms with Crippen molar-refractivity contribution < 1.29 is 19.0 Å². The molecule has 0 amide bonds. The highest BCUT2D eigenvalue weighted by Crippen LogP contribution is 2.45. The first-order valence-electron chi connectivity index (χ1n) is 11.1. The summed E-state index contributed by atoms with van der Waals surface area (Å²) in [6, 6.07) is 8.91. The van der Waals surface area contributed by atoms with Crippen molar-refractivity contribution in [2.45, 2.75) is 57.5 Å². The van der Waals surface area contributed by atoms with Crippen molar-refractivity contribution in [3.05, 3.63) is 62.9 Å². The molecule has 7 heteroatoms. The van der Waals surface area contributed by atoms with Crippen LogP contribution in [0.5, 0.6) is 5.75 Å². The monoisotopic (exact) mass is 479 g/mol. The van der Waals surface area contributed by atoms with E-state index >= 15 is 0 Å². The van der Waals surface area contributed by atoms with Crippen LogP contribution in [0.2, 0.25) is 10.0 Å². The predicted octanol–water partition coefficient (Wildman–Crippen LogP) is 6.95. The number of carboxylic acid groups (broad SMARTS) is 1. The third-order valence-electron chi connectivity index (χ3n) is 6.71. The Balaban J connectivity index is 1.46. The lowest BCUT2D eigenvalue weighted by molar-refractivity contribution is 0.0584. The molecule has 2 aromatic rings. The van der Waals surface area contributed by atoms with Gasteiger partial charge in [0, 0.05) is 40.7 Å². The van der Waals surface area contributed by atoms with Gasteiger partial charge in [-0.1, -0.05) is 23.2 Å². The zero-order chi connectivity index (χ0) is 23.0. The summed E-state index contributed by atoms with van der Waals surface area (Å²) in [6.45, 7) is 5.70. The number of halogens is 3. The molecular formula is C25H28Cl2FNO3. The van der Waals surface area contributed by atoms with E-state index in [9.17, 15) is 14.3 Å². The Morgan fingerprint density at radius 3 is 2.47 bits per heavy atom. The zero-order valence-electron chi connectivity index (χ0n) is 18.3. The summed E-state index contributed by atoms with van der Waals surface area (Å²) in [5.74, 6) is -0.961. The maximum absolute atomic E-state index is 14.3. The number of nitrogens with zero attached hydrogens (tertiary/aromatic N) is 1. The summed E-state index contributed by atoms with van der Waals surface area (Å²) < 4.78 is 20.4. The van der Waals surface area contributed by atoms with E-state index < -0.39 is 11.8 Å². The van der Waals surface area contributed by atoms with Gasteiger partial charge in [-0.05, 0) is 80.8 Å². The van der Waals surface area contributed by atoms with Gasteiger partial charge in [-0.15, -0.1) is 0 Å². The number of likely N-dealkylation sites (tertiary alicyclic amines) is 1. The standard InChI is InChI=1S/C25H28Cl2FNO3/c1-14-3-4-16(12-29(14)15(2)18-7-19(26)9-20(27)8-18)13-32-24-11-23(28)22(25(30)31)10-21(24)17-5-6-17/h7-11,14-17H,3-6,12-13H2,1-2H3,(H,30,31)/t14-,15?,16-/m1/s1. The number of aromatic carboxylic acids is 1. The first-order valence-corrected chi connectivity index (χ1v) is 11.9. The van der Waals surface area contributed by atoms with Gasteiger partial charge in [0.1, 0.15) is 11.6 Å². The maximum Gasteiger partial charge on any atom is 0.338 e. The molecule has 0 radical (unpaired) electrons. The van der Waals surface area contributed by atoms with Gasteiger partial charge in [0.25, 0.3) is 0 Å². The number of benzene rings is 2. The Morgan fingerprint density at radius 2 is 1.84 bits per heavy atom. The number of hydrogen-bond acceptors (Lipinski definition) is 3. The highest BCUT2D eigenvalue weighted by Gasteiger charge is 2.32. The van der Waals surface area contributed by atoms with Gasteiger partial charge in [-0.25, -0.2) is 9.18 Å². The van der Waals surface area contributed by atoms with E-state index in [0.717, 1.165) is 43.4 Å². The van der Waals surface area contributed by atoms with E-state index in [0.29, 0.717) is 28.4 Å². The van der Waals surface area contributed by atoms with Gasteiger partial charge in [-0.3, -0.25) is 4.90 Å². The second-order valence-electron chi connectivity index (χ2n) is 9.13. The first kappa shape index (κ1) is 23.3. The minimum absolute atomic E-state index is 0.151. The minimum atomic E-state index is -1.25. The topological polar surface area (TPSA) is 49.8 Å². The average Bonchev–Trinajstić information content (AvgIpc) is 3.57. The number of ether oxygens (including phenoxy) is 1. The van der Waals surface area contributed by atoms with Crippen molar-refractivity contribution >= 4 is 29.2 Å². The third-order valence-corrected chi connectivity index (χ3v) is 7.15. The van der Waals surface area contributed by atoms with E-state index in [1.165, 1.54) is 12.1 Å². The van der Waals surface area contributed by atoms with E-state index in [1.807, 2.05) is 12.1 Å². The van der Waals surface area contributed by atoms with Crippen LogP contribution in [0.25, 0.3) is 0 Å². The van der Waals surface area contributed by atoms with Crippen LogP contribution in [0.1, 0.15) is 73.0 Å². The van der Waals surface area contributed by atoms with Gasteiger partial charge in [0.15, 0.2) is 0 Å². The molecule has 3 atom stereocenters. The molecule has 2 fully saturated rings. The van der Waals surface area contributed by atoms with Crippen molar-refractivity contribution in [2.75, 3.05) is 13.2 Å². The quantitative estimate of drug-likeness (QED) is 0.466. The molecule has 1 saturated heterocycles. The summed E-state index contributed by atoms with van der Waals surface area (Å²) in [5.41, 5.74) is 1.61. The molecule has 172 valence electrons. The Hall–Kier alpha value is -1.82. The fraction of sp³-hybridized carbons (Fsp3) is 0.480. The molecule has 0 spiro atoms. The Bertz CT molecular complexity index is 991. The number of carbonyl (C=O) groups is 1. The molecule has 32 heavy (non-hydrogen) atoms. The lowest BCUT2D eigenvalue weighted by atomic mass is 9.91.